The lowest BCUT2D eigenvalue weighted by molar-refractivity contribution is 0.0240. The number of hydrogen-bond acceptors (Lipinski definition) is 4. The molecule has 1 aromatic carbocycles. The van der Waals surface area contributed by atoms with Crippen molar-refractivity contribution in [2.45, 2.75) is 26.4 Å². The molecule has 1 aliphatic heterocycles. The number of anilines is 1. The fourth-order valence-corrected chi connectivity index (χ4v) is 2.69. The Balaban J connectivity index is 1.97. The van der Waals surface area contributed by atoms with Crippen molar-refractivity contribution >= 4 is 29.5 Å². The van der Waals surface area contributed by atoms with Crippen molar-refractivity contribution in [1.29, 1.82) is 5.26 Å². The molecule has 1 aromatic rings. The van der Waals surface area contributed by atoms with Gasteiger partial charge in [0.2, 0.25) is 0 Å². The Morgan fingerprint density at radius 1 is 1.29 bits per heavy atom. The number of nitrogens with zero attached hydrogens (tertiary/aromatic N) is 3. The van der Waals surface area contributed by atoms with Gasteiger partial charge < -0.3 is 14.5 Å². The highest BCUT2D eigenvalue weighted by Gasteiger charge is 2.26. The molecule has 24 heavy (non-hydrogen) atoms. The molecule has 0 atom stereocenters. The molecule has 0 bridgehead atoms. The SMILES string of the molecule is CC(C)(C)OC(=O)N1CCN(c2ccc(C=CC#N)c(Cl)c2)CC1. The van der Waals surface area contributed by atoms with Gasteiger partial charge in [0, 0.05) is 43.0 Å². The molecule has 0 radical (unpaired) electrons. The molecule has 0 aromatic heterocycles. The largest absolute Gasteiger partial charge is 0.444 e. The van der Waals surface area contributed by atoms with E-state index >= 15 is 0 Å². The van der Waals surface area contributed by atoms with Gasteiger partial charge in [-0.15, -0.1) is 0 Å². The summed E-state index contributed by atoms with van der Waals surface area (Å²) in [5, 5.41) is 9.19. The second kappa shape index (κ2) is 7.59. The molecule has 2 rings (SSSR count). The Hall–Kier alpha value is -2.19. The summed E-state index contributed by atoms with van der Waals surface area (Å²) in [6.07, 6.45) is 2.82. The molecule has 0 aliphatic carbocycles. The van der Waals surface area contributed by atoms with Gasteiger partial charge in [-0.05, 0) is 44.5 Å². The Kier molecular flexibility index (Phi) is 5.74. The molecule has 1 heterocycles. The van der Waals surface area contributed by atoms with Gasteiger partial charge in [-0.2, -0.15) is 5.26 Å². The van der Waals surface area contributed by atoms with Crippen LogP contribution in [-0.2, 0) is 4.74 Å². The first-order valence-electron chi connectivity index (χ1n) is 7.89. The van der Waals surface area contributed by atoms with Gasteiger partial charge in [0.05, 0.1) is 6.07 Å². The van der Waals surface area contributed by atoms with Crippen LogP contribution in [0, 0.1) is 11.3 Å². The van der Waals surface area contributed by atoms with Crippen LogP contribution in [0.25, 0.3) is 6.08 Å². The lowest BCUT2D eigenvalue weighted by atomic mass is 10.1. The Bertz CT molecular complexity index is 666. The highest BCUT2D eigenvalue weighted by Crippen LogP contribution is 2.26. The molecule has 0 N–H and O–H groups in total. The minimum absolute atomic E-state index is 0.267. The van der Waals surface area contributed by atoms with Gasteiger partial charge in [0.25, 0.3) is 0 Å². The summed E-state index contributed by atoms with van der Waals surface area (Å²) in [5.74, 6) is 0. The van der Waals surface area contributed by atoms with Crippen LogP contribution in [0.3, 0.4) is 0 Å². The molecular weight excluding hydrogens is 326 g/mol. The summed E-state index contributed by atoms with van der Waals surface area (Å²) in [5.41, 5.74) is 1.35. The van der Waals surface area contributed by atoms with E-state index in [0.717, 1.165) is 24.3 Å². The summed E-state index contributed by atoms with van der Waals surface area (Å²) in [7, 11) is 0. The molecule has 1 fully saturated rings. The molecule has 0 spiro atoms. The van der Waals surface area contributed by atoms with Gasteiger partial charge >= 0.3 is 6.09 Å². The highest BCUT2D eigenvalue weighted by molar-refractivity contribution is 6.32. The van der Waals surface area contributed by atoms with Crippen molar-refractivity contribution in [3.05, 3.63) is 34.9 Å². The lowest BCUT2D eigenvalue weighted by Gasteiger charge is -2.36. The number of halogens is 1. The van der Waals surface area contributed by atoms with Crippen LogP contribution >= 0.6 is 11.6 Å². The highest BCUT2D eigenvalue weighted by atomic mass is 35.5. The number of benzene rings is 1. The van der Waals surface area contributed by atoms with Crippen LogP contribution in [0.2, 0.25) is 5.02 Å². The van der Waals surface area contributed by atoms with Gasteiger partial charge in [0.15, 0.2) is 0 Å². The van der Waals surface area contributed by atoms with Gasteiger partial charge in [-0.25, -0.2) is 4.79 Å². The number of rotatable bonds is 2. The van der Waals surface area contributed by atoms with E-state index in [1.807, 2.05) is 45.0 Å². The van der Waals surface area contributed by atoms with Crippen molar-refractivity contribution in [2.75, 3.05) is 31.1 Å². The fraction of sp³-hybridized carbons (Fsp3) is 0.444. The molecule has 1 aliphatic rings. The minimum atomic E-state index is -0.478. The quantitative estimate of drug-likeness (QED) is 0.760. The first-order valence-corrected chi connectivity index (χ1v) is 8.26. The predicted octanol–water partition coefficient (Wildman–Crippen LogP) is 3.93. The molecule has 1 saturated heterocycles. The number of carbonyl (C=O) groups is 1. The molecule has 1 amide bonds. The normalized spacial score (nSPS) is 15.5. The lowest BCUT2D eigenvalue weighted by Crippen LogP contribution is -2.50. The summed E-state index contributed by atoms with van der Waals surface area (Å²) < 4.78 is 5.40. The van der Waals surface area contributed by atoms with E-state index in [0.29, 0.717) is 18.1 Å². The van der Waals surface area contributed by atoms with E-state index in [4.69, 9.17) is 21.6 Å². The average molecular weight is 348 g/mol. The van der Waals surface area contributed by atoms with E-state index < -0.39 is 5.60 Å². The third-order valence-electron chi connectivity index (χ3n) is 3.62. The number of nitriles is 1. The predicted molar refractivity (Wildman–Crippen MR) is 96.1 cm³/mol. The van der Waals surface area contributed by atoms with Crippen molar-refractivity contribution in [3.8, 4) is 6.07 Å². The van der Waals surface area contributed by atoms with Crippen LogP contribution in [0.1, 0.15) is 26.3 Å². The molecule has 128 valence electrons. The van der Waals surface area contributed by atoms with Crippen LogP contribution in [-0.4, -0.2) is 42.8 Å². The average Bonchev–Trinajstić information content (AvgIpc) is 2.52. The Morgan fingerprint density at radius 2 is 1.96 bits per heavy atom. The van der Waals surface area contributed by atoms with E-state index in [2.05, 4.69) is 4.90 Å². The van der Waals surface area contributed by atoms with Gasteiger partial charge in [-0.1, -0.05) is 17.7 Å². The monoisotopic (exact) mass is 347 g/mol. The van der Waals surface area contributed by atoms with E-state index in [9.17, 15) is 4.79 Å². The van der Waals surface area contributed by atoms with Crippen LogP contribution in [0.4, 0.5) is 10.5 Å². The number of ether oxygens (including phenoxy) is 1. The second-order valence-corrected chi connectivity index (χ2v) is 7.03. The molecule has 5 nitrogen and oxygen atoms in total. The number of allylic oxidation sites excluding steroid dienone is 1. The van der Waals surface area contributed by atoms with Crippen molar-refractivity contribution < 1.29 is 9.53 Å². The number of carbonyl (C=O) groups excluding carboxylic acids is 1. The summed E-state index contributed by atoms with van der Waals surface area (Å²) in [6, 6.07) is 7.72. The first kappa shape index (κ1) is 18.2. The molecular formula is C18H22ClN3O2. The summed E-state index contributed by atoms with van der Waals surface area (Å²) >= 11 is 6.26. The number of hydrogen-bond donors (Lipinski definition) is 0. The van der Waals surface area contributed by atoms with E-state index in [-0.39, 0.29) is 6.09 Å². The summed E-state index contributed by atoms with van der Waals surface area (Å²) in [6.45, 7) is 8.28. The van der Waals surface area contributed by atoms with E-state index in [1.54, 1.807) is 11.0 Å². The smallest absolute Gasteiger partial charge is 0.410 e. The van der Waals surface area contributed by atoms with Crippen LogP contribution < -0.4 is 4.90 Å². The molecule has 0 unspecified atom stereocenters. The molecule has 0 saturated carbocycles. The molecule has 6 heteroatoms. The van der Waals surface area contributed by atoms with Gasteiger partial charge in [-0.3, -0.25) is 0 Å². The Labute approximate surface area is 148 Å². The maximum absolute atomic E-state index is 12.1. The third-order valence-corrected chi connectivity index (χ3v) is 3.95. The maximum Gasteiger partial charge on any atom is 0.410 e. The van der Waals surface area contributed by atoms with Crippen LogP contribution in [0.5, 0.6) is 0 Å². The van der Waals surface area contributed by atoms with Gasteiger partial charge in [0.1, 0.15) is 5.60 Å². The second-order valence-electron chi connectivity index (χ2n) is 6.62. The standard InChI is InChI=1S/C18H22ClN3O2/c1-18(2,3)24-17(23)22-11-9-21(10-12-22)15-7-6-14(5-4-8-20)16(19)13-15/h4-7,13H,9-12H2,1-3H3. The zero-order valence-electron chi connectivity index (χ0n) is 14.3. The number of amides is 1. The fourth-order valence-electron chi connectivity index (χ4n) is 2.45. The van der Waals surface area contributed by atoms with Crippen LogP contribution in [0.15, 0.2) is 24.3 Å². The van der Waals surface area contributed by atoms with Crippen molar-refractivity contribution in [2.24, 2.45) is 0 Å². The number of piperazine rings is 1. The summed E-state index contributed by atoms with van der Waals surface area (Å²) in [4.78, 5) is 16.0. The van der Waals surface area contributed by atoms with E-state index in [1.165, 1.54) is 6.08 Å². The zero-order chi connectivity index (χ0) is 17.7. The third kappa shape index (κ3) is 4.90. The maximum atomic E-state index is 12.1. The Morgan fingerprint density at radius 3 is 2.50 bits per heavy atom. The van der Waals surface area contributed by atoms with Crippen molar-refractivity contribution in [3.63, 3.8) is 0 Å². The zero-order valence-corrected chi connectivity index (χ0v) is 15.0. The van der Waals surface area contributed by atoms with Crippen molar-refractivity contribution in [1.82, 2.24) is 4.90 Å². The topological polar surface area (TPSA) is 56.6 Å². The minimum Gasteiger partial charge on any atom is -0.444 e. The first-order chi connectivity index (χ1) is 11.3.